The maximum absolute atomic E-state index is 11.9. The molecule has 2 rings (SSSR count). The van der Waals surface area contributed by atoms with Gasteiger partial charge in [-0.15, -0.1) is 0 Å². The first kappa shape index (κ1) is 13.5. The van der Waals surface area contributed by atoms with Crippen LogP contribution in [0.3, 0.4) is 0 Å². The molecule has 0 atom stereocenters. The van der Waals surface area contributed by atoms with Crippen molar-refractivity contribution in [2.75, 3.05) is 6.54 Å². The summed E-state index contributed by atoms with van der Waals surface area (Å²) >= 11 is 0. The fraction of sp³-hybridized carbons (Fsp3) is 0.308. The highest BCUT2D eigenvalue weighted by Crippen LogP contribution is 2.21. The number of aromatic amines is 1. The zero-order valence-corrected chi connectivity index (χ0v) is 10.1. The van der Waals surface area contributed by atoms with Gasteiger partial charge in [-0.1, -0.05) is 18.2 Å². The molecular weight excluding hydrogens is 257 g/mol. The molecule has 0 saturated carbocycles. The Morgan fingerprint density at radius 2 is 2.00 bits per heavy atom. The lowest BCUT2D eigenvalue weighted by Gasteiger charge is -2.07. The number of fused-ring (bicyclic) bond motifs is 1. The van der Waals surface area contributed by atoms with Crippen molar-refractivity contribution in [3.63, 3.8) is 0 Å². The van der Waals surface area contributed by atoms with Crippen LogP contribution in [-0.4, -0.2) is 23.6 Å². The van der Waals surface area contributed by atoms with Crippen molar-refractivity contribution in [3.8, 4) is 0 Å². The average molecular weight is 270 g/mol. The summed E-state index contributed by atoms with van der Waals surface area (Å²) in [6.45, 7) is 0.0118. The van der Waals surface area contributed by atoms with Crippen LogP contribution >= 0.6 is 0 Å². The summed E-state index contributed by atoms with van der Waals surface area (Å²) in [5, 5.41) is 3.25. The average Bonchev–Trinajstić information content (AvgIpc) is 2.77. The minimum atomic E-state index is -4.18. The highest BCUT2D eigenvalue weighted by Gasteiger charge is 2.26. The molecule has 6 heteroatoms. The van der Waals surface area contributed by atoms with Gasteiger partial charge in [-0.05, 0) is 12.5 Å². The van der Waals surface area contributed by atoms with Gasteiger partial charge in [0.25, 0.3) is 5.91 Å². The minimum absolute atomic E-state index is 0.0118. The van der Waals surface area contributed by atoms with E-state index < -0.39 is 12.6 Å². The number of carbonyl (C=O) groups is 1. The second kappa shape index (κ2) is 5.34. The van der Waals surface area contributed by atoms with Crippen molar-refractivity contribution < 1.29 is 18.0 Å². The monoisotopic (exact) mass is 270 g/mol. The first-order valence-corrected chi connectivity index (χ1v) is 5.88. The van der Waals surface area contributed by atoms with E-state index in [2.05, 4.69) is 10.3 Å². The number of para-hydroxylation sites is 1. The van der Waals surface area contributed by atoms with Crippen LogP contribution in [-0.2, 0) is 0 Å². The summed E-state index contributed by atoms with van der Waals surface area (Å²) < 4.78 is 35.8. The van der Waals surface area contributed by atoms with Gasteiger partial charge in [0.05, 0.1) is 5.56 Å². The highest BCUT2D eigenvalue weighted by atomic mass is 19.4. The van der Waals surface area contributed by atoms with Crippen molar-refractivity contribution in [2.24, 2.45) is 0 Å². The number of benzene rings is 1. The molecule has 0 fully saturated rings. The smallest absolute Gasteiger partial charge is 0.360 e. The maximum Gasteiger partial charge on any atom is 0.389 e. The van der Waals surface area contributed by atoms with E-state index in [0.717, 1.165) is 10.9 Å². The molecule has 0 aliphatic heterocycles. The van der Waals surface area contributed by atoms with Crippen molar-refractivity contribution in [1.82, 2.24) is 10.3 Å². The number of hydrogen-bond acceptors (Lipinski definition) is 1. The number of alkyl halides is 3. The zero-order valence-electron chi connectivity index (χ0n) is 10.1. The van der Waals surface area contributed by atoms with Gasteiger partial charge >= 0.3 is 6.18 Å². The molecular formula is C13H13F3N2O. The Morgan fingerprint density at radius 3 is 2.74 bits per heavy atom. The van der Waals surface area contributed by atoms with Crippen LogP contribution in [0.15, 0.2) is 30.5 Å². The van der Waals surface area contributed by atoms with Gasteiger partial charge < -0.3 is 10.3 Å². The predicted molar refractivity (Wildman–Crippen MR) is 65.9 cm³/mol. The van der Waals surface area contributed by atoms with Gasteiger partial charge in [0, 0.05) is 30.1 Å². The molecule has 0 aliphatic rings. The fourth-order valence-electron chi connectivity index (χ4n) is 1.85. The van der Waals surface area contributed by atoms with Gasteiger partial charge in [0.2, 0.25) is 0 Å². The van der Waals surface area contributed by atoms with Gasteiger partial charge in [-0.3, -0.25) is 4.79 Å². The van der Waals surface area contributed by atoms with E-state index in [4.69, 9.17) is 0 Å². The molecule has 2 N–H and O–H groups in total. The van der Waals surface area contributed by atoms with Gasteiger partial charge in [-0.25, -0.2) is 0 Å². The third-order valence-corrected chi connectivity index (χ3v) is 2.76. The maximum atomic E-state index is 11.9. The molecule has 1 aromatic heterocycles. The van der Waals surface area contributed by atoms with Crippen molar-refractivity contribution in [2.45, 2.75) is 19.0 Å². The molecule has 0 unspecified atom stereocenters. The Bertz CT molecular complexity index is 575. The van der Waals surface area contributed by atoms with E-state index in [-0.39, 0.29) is 18.9 Å². The molecule has 19 heavy (non-hydrogen) atoms. The Hall–Kier alpha value is -1.98. The first-order valence-electron chi connectivity index (χ1n) is 5.88. The largest absolute Gasteiger partial charge is 0.389 e. The molecule has 3 nitrogen and oxygen atoms in total. The van der Waals surface area contributed by atoms with E-state index in [1.807, 2.05) is 12.1 Å². The van der Waals surface area contributed by atoms with Gasteiger partial charge in [0.1, 0.15) is 0 Å². The van der Waals surface area contributed by atoms with Crippen LogP contribution in [0.4, 0.5) is 13.2 Å². The van der Waals surface area contributed by atoms with Crippen LogP contribution in [0.1, 0.15) is 23.2 Å². The molecule has 0 bridgehead atoms. The molecule has 1 aromatic carbocycles. The third-order valence-electron chi connectivity index (χ3n) is 2.76. The van der Waals surface area contributed by atoms with Crippen LogP contribution < -0.4 is 5.32 Å². The van der Waals surface area contributed by atoms with Gasteiger partial charge in [-0.2, -0.15) is 13.2 Å². The van der Waals surface area contributed by atoms with E-state index in [1.165, 1.54) is 0 Å². The number of hydrogen-bond donors (Lipinski definition) is 2. The molecule has 0 radical (unpaired) electrons. The van der Waals surface area contributed by atoms with Crippen LogP contribution in [0.5, 0.6) is 0 Å². The summed E-state index contributed by atoms with van der Waals surface area (Å²) in [5.74, 6) is -0.361. The topological polar surface area (TPSA) is 44.9 Å². The molecule has 1 heterocycles. The molecule has 0 aliphatic carbocycles. The normalized spacial score (nSPS) is 11.7. The first-order chi connectivity index (χ1) is 8.97. The summed E-state index contributed by atoms with van der Waals surface area (Å²) in [6, 6.07) is 7.26. The number of carbonyl (C=O) groups excluding carboxylic acids is 1. The van der Waals surface area contributed by atoms with Crippen LogP contribution in [0.25, 0.3) is 10.9 Å². The zero-order chi connectivity index (χ0) is 13.9. The Morgan fingerprint density at radius 1 is 1.26 bits per heavy atom. The lowest BCUT2D eigenvalue weighted by molar-refractivity contribution is -0.135. The van der Waals surface area contributed by atoms with E-state index >= 15 is 0 Å². The number of halogens is 3. The lowest BCUT2D eigenvalue weighted by atomic mass is 10.1. The minimum Gasteiger partial charge on any atom is -0.360 e. The molecule has 2 aromatic rings. The number of aromatic nitrogens is 1. The Balaban J connectivity index is 1.93. The number of nitrogens with one attached hydrogen (secondary N) is 2. The van der Waals surface area contributed by atoms with E-state index in [0.29, 0.717) is 5.56 Å². The second-order valence-electron chi connectivity index (χ2n) is 4.22. The Kier molecular flexibility index (Phi) is 3.78. The van der Waals surface area contributed by atoms with Gasteiger partial charge in [0.15, 0.2) is 0 Å². The standard InChI is InChI=1S/C13H13F3N2O/c14-13(15,16)6-3-7-17-12(19)10-8-18-11-5-2-1-4-9(10)11/h1-2,4-5,8,18H,3,6-7H2,(H,17,19). The molecule has 1 amide bonds. The third kappa shape index (κ3) is 3.49. The SMILES string of the molecule is O=C(NCCCC(F)(F)F)c1c[nH]c2ccccc12. The summed E-state index contributed by atoms with van der Waals surface area (Å²) in [6.07, 6.45) is -3.62. The summed E-state index contributed by atoms with van der Waals surface area (Å²) in [4.78, 5) is 14.8. The summed E-state index contributed by atoms with van der Waals surface area (Å²) in [5.41, 5.74) is 1.27. The van der Waals surface area contributed by atoms with Crippen molar-refractivity contribution >= 4 is 16.8 Å². The number of amides is 1. The lowest BCUT2D eigenvalue weighted by Crippen LogP contribution is -2.25. The number of rotatable bonds is 4. The second-order valence-corrected chi connectivity index (χ2v) is 4.22. The summed E-state index contributed by atoms with van der Waals surface area (Å²) in [7, 11) is 0. The molecule has 102 valence electrons. The van der Waals surface area contributed by atoms with Crippen LogP contribution in [0.2, 0.25) is 0 Å². The van der Waals surface area contributed by atoms with Crippen LogP contribution in [0, 0.1) is 0 Å². The van der Waals surface area contributed by atoms with Crippen molar-refractivity contribution in [1.29, 1.82) is 0 Å². The Labute approximate surface area is 107 Å². The predicted octanol–water partition coefficient (Wildman–Crippen LogP) is 3.24. The fourth-order valence-corrected chi connectivity index (χ4v) is 1.85. The molecule has 0 saturated heterocycles. The molecule has 0 spiro atoms. The highest BCUT2D eigenvalue weighted by molar-refractivity contribution is 6.06. The van der Waals surface area contributed by atoms with Crippen molar-refractivity contribution in [3.05, 3.63) is 36.0 Å². The quantitative estimate of drug-likeness (QED) is 0.823. The number of H-pyrrole nitrogens is 1. The van der Waals surface area contributed by atoms with E-state index in [1.54, 1.807) is 18.3 Å². The van der Waals surface area contributed by atoms with E-state index in [9.17, 15) is 18.0 Å².